The average Bonchev–Trinajstić information content (AvgIpc) is 3.22. The van der Waals surface area contributed by atoms with Crippen molar-refractivity contribution in [2.75, 3.05) is 0 Å². The van der Waals surface area contributed by atoms with Gasteiger partial charge in [-0.1, -0.05) is 54.6 Å². The van der Waals surface area contributed by atoms with Gasteiger partial charge < -0.3 is 15.4 Å². The molecule has 174 valence electrons. The number of sulfone groups is 1. The maximum Gasteiger partial charge on any atom is 0.352 e. The molecule has 0 amide bonds. The molecule has 8 heteroatoms. The molecule has 0 saturated heterocycles. The van der Waals surface area contributed by atoms with Crippen LogP contribution in [0.5, 0.6) is 0 Å². The summed E-state index contributed by atoms with van der Waals surface area (Å²) in [6, 6.07) is 25.5. The third-order valence-electron chi connectivity index (χ3n) is 6.05. The van der Waals surface area contributed by atoms with Gasteiger partial charge in [0.15, 0.2) is 0 Å². The van der Waals surface area contributed by atoms with Crippen molar-refractivity contribution in [3.63, 3.8) is 0 Å². The van der Waals surface area contributed by atoms with E-state index in [1.165, 1.54) is 0 Å². The highest BCUT2D eigenvalue weighted by Crippen LogP contribution is 2.30. The van der Waals surface area contributed by atoms with Crippen LogP contribution in [0.3, 0.4) is 0 Å². The van der Waals surface area contributed by atoms with Crippen LogP contribution in [-0.2, 0) is 16.4 Å². The summed E-state index contributed by atoms with van der Waals surface area (Å²) in [5, 5.41) is 19.9. The highest BCUT2D eigenvalue weighted by atomic mass is 32.2. The molecule has 5 aromatic rings. The molecule has 0 atom stereocenters. The van der Waals surface area contributed by atoms with Crippen LogP contribution in [0.2, 0.25) is 0 Å². The molecule has 0 aliphatic heterocycles. The quantitative estimate of drug-likeness (QED) is 0.239. The third kappa shape index (κ3) is 3.94. The minimum atomic E-state index is -3.79. The number of benzene rings is 4. The van der Waals surface area contributed by atoms with E-state index in [1.54, 1.807) is 71.3 Å². The Morgan fingerprint density at radius 3 is 2.29 bits per heavy atom. The number of carbonyl (C=O) groups is 1. The number of carboxylic acids is 1. The summed E-state index contributed by atoms with van der Waals surface area (Å²) in [6.07, 6.45) is 0. The van der Waals surface area contributed by atoms with E-state index in [4.69, 9.17) is 11.1 Å². The van der Waals surface area contributed by atoms with Gasteiger partial charge >= 0.3 is 5.97 Å². The van der Waals surface area contributed by atoms with Gasteiger partial charge in [0.25, 0.3) is 0 Å². The van der Waals surface area contributed by atoms with Crippen molar-refractivity contribution in [3.8, 4) is 0 Å². The van der Waals surface area contributed by atoms with Gasteiger partial charge in [-0.25, -0.2) is 13.2 Å². The van der Waals surface area contributed by atoms with Crippen molar-refractivity contribution in [1.29, 1.82) is 5.41 Å². The van der Waals surface area contributed by atoms with E-state index in [0.717, 1.165) is 10.8 Å². The second kappa shape index (κ2) is 8.41. The highest BCUT2D eigenvalue weighted by Gasteiger charge is 2.21. The maximum atomic E-state index is 13.4. The summed E-state index contributed by atoms with van der Waals surface area (Å²) in [4.78, 5) is 12.4. The molecule has 35 heavy (non-hydrogen) atoms. The van der Waals surface area contributed by atoms with Gasteiger partial charge in [-0.3, -0.25) is 5.41 Å². The van der Waals surface area contributed by atoms with E-state index in [1.807, 2.05) is 24.3 Å². The molecule has 0 saturated carbocycles. The van der Waals surface area contributed by atoms with Gasteiger partial charge in [-0.15, -0.1) is 0 Å². The topological polar surface area (TPSA) is 126 Å². The van der Waals surface area contributed by atoms with Crippen LogP contribution in [0.1, 0.15) is 21.6 Å². The number of nitrogen functional groups attached to an aromatic ring is 1. The first-order chi connectivity index (χ1) is 16.8. The lowest BCUT2D eigenvalue weighted by molar-refractivity contribution is 0.0686. The summed E-state index contributed by atoms with van der Waals surface area (Å²) in [5.41, 5.74) is 7.44. The molecule has 0 unspecified atom stereocenters. The number of hydrogen-bond acceptors (Lipinski definition) is 4. The molecule has 0 radical (unpaired) electrons. The first kappa shape index (κ1) is 22.4. The fourth-order valence-electron chi connectivity index (χ4n) is 4.32. The molecule has 4 N–H and O–H groups in total. The van der Waals surface area contributed by atoms with Crippen molar-refractivity contribution < 1.29 is 18.3 Å². The number of amidine groups is 1. The average molecular weight is 484 g/mol. The predicted molar refractivity (Wildman–Crippen MR) is 135 cm³/mol. The fraction of sp³-hybridized carbons (Fsp3) is 0.0370. The van der Waals surface area contributed by atoms with Crippen molar-refractivity contribution in [1.82, 2.24) is 4.57 Å². The zero-order valence-corrected chi connectivity index (χ0v) is 19.3. The first-order valence-corrected chi connectivity index (χ1v) is 12.3. The Morgan fingerprint density at radius 1 is 0.857 bits per heavy atom. The van der Waals surface area contributed by atoms with Gasteiger partial charge in [-0.2, -0.15) is 0 Å². The van der Waals surface area contributed by atoms with Crippen LogP contribution in [0.4, 0.5) is 0 Å². The number of rotatable bonds is 6. The Balaban J connectivity index is 1.74. The van der Waals surface area contributed by atoms with Gasteiger partial charge in [0.2, 0.25) is 9.84 Å². The lowest BCUT2D eigenvalue weighted by Gasteiger charge is -2.14. The Bertz CT molecular complexity index is 1740. The molecule has 5 rings (SSSR count). The molecule has 1 aromatic heterocycles. The smallest absolute Gasteiger partial charge is 0.352 e. The van der Waals surface area contributed by atoms with Crippen LogP contribution in [0, 0.1) is 5.41 Å². The number of nitrogens with one attached hydrogen (secondary N) is 1. The number of nitrogens with two attached hydrogens (primary N) is 1. The van der Waals surface area contributed by atoms with Crippen LogP contribution in [-0.4, -0.2) is 29.9 Å². The minimum absolute atomic E-state index is 0.0566. The second-order valence-corrected chi connectivity index (χ2v) is 10.2. The summed E-state index contributed by atoms with van der Waals surface area (Å²) in [7, 11) is -3.79. The SMILES string of the molecule is N=C(N)c1ccc2cc(C(=O)O)n(Cc3cc(S(=O)(=O)c4ccccc4)cc4ccccc34)c2c1. The second-order valence-electron chi connectivity index (χ2n) is 8.23. The van der Waals surface area contributed by atoms with Gasteiger partial charge in [0.1, 0.15) is 11.5 Å². The molecule has 0 aliphatic rings. The molecule has 0 bridgehead atoms. The van der Waals surface area contributed by atoms with Crippen molar-refractivity contribution in [3.05, 3.63) is 108 Å². The molecular formula is C27H21N3O4S. The zero-order valence-electron chi connectivity index (χ0n) is 18.5. The lowest BCUT2D eigenvalue weighted by atomic mass is 10.0. The molecule has 4 aromatic carbocycles. The van der Waals surface area contributed by atoms with Crippen molar-refractivity contribution >= 4 is 43.3 Å². The van der Waals surface area contributed by atoms with Crippen LogP contribution >= 0.6 is 0 Å². The normalized spacial score (nSPS) is 11.7. The number of nitrogens with zero attached hydrogens (tertiary/aromatic N) is 1. The van der Waals surface area contributed by atoms with Gasteiger partial charge in [0.05, 0.1) is 9.79 Å². The summed E-state index contributed by atoms with van der Waals surface area (Å²) in [5.74, 6) is -1.24. The van der Waals surface area contributed by atoms with Crippen molar-refractivity contribution in [2.24, 2.45) is 5.73 Å². The number of fused-ring (bicyclic) bond motifs is 2. The summed E-state index contributed by atoms with van der Waals surface area (Å²) in [6.45, 7) is 0.116. The molecule has 7 nitrogen and oxygen atoms in total. The van der Waals surface area contributed by atoms with Crippen molar-refractivity contribution in [2.45, 2.75) is 16.3 Å². The van der Waals surface area contributed by atoms with E-state index in [2.05, 4.69) is 0 Å². The van der Waals surface area contributed by atoms with E-state index >= 15 is 0 Å². The number of carboxylic acid groups (broad SMARTS) is 1. The van der Waals surface area contributed by atoms with Crippen LogP contribution < -0.4 is 5.73 Å². The Hall–Kier alpha value is -4.43. The standard InChI is InChI=1S/C27H21N3O4S/c28-26(29)19-11-10-18-14-25(27(31)32)30(24(18)15-19)16-20-13-22(12-17-6-4-5-9-23(17)20)35(33,34)21-7-2-1-3-8-21/h1-15H,16H2,(H3,28,29)(H,31,32). The maximum absolute atomic E-state index is 13.4. The predicted octanol–water partition coefficient (Wildman–Crippen LogP) is 4.66. The minimum Gasteiger partial charge on any atom is -0.477 e. The fourth-order valence-corrected chi connectivity index (χ4v) is 5.69. The Kier molecular flexibility index (Phi) is 5.37. The largest absolute Gasteiger partial charge is 0.477 e. The summed E-state index contributed by atoms with van der Waals surface area (Å²) >= 11 is 0. The highest BCUT2D eigenvalue weighted by molar-refractivity contribution is 7.91. The first-order valence-electron chi connectivity index (χ1n) is 10.8. The van der Waals surface area contributed by atoms with E-state index < -0.39 is 15.8 Å². The molecule has 0 aliphatic carbocycles. The molecular weight excluding hydrogens is 462 g/mol. The molecule has 1 heterocycles. The van der Waals surface area contributed by atoms with Crippen LogP contribution in [0.25, 0.3) is 21.7 Å². The molecule has 0 fully saturated rings. The van der Waals surface area contributed by atoms with E-state index in [0.29, 0.717) is 22.0 Å². The van der Waals surface area contributed by atoms with Gasteiger partial charge in [0, 0.05) is 23.0 Å². The zero-order chi connectivity index (χ0) is 24.7. The van der Waals surface area contributed by atoms with Crippen LogP contribution in [0.15, 0.2) is 101 Å². The lowest BCUT2D eigenvalue weighted by Crippen LogP contribution is -2.12. The number of hydrogen-bond donors (Lipinski definition) is 3. The Morgan fingerprint density at radius 2 is 1.57 bits per heavy atom. The van der Waals surface area contributed by atoms with E-state index in [9.17, 15) is 18.3 Å². The van der Waals surface area contributed by atoms with Gasteiger partial charge in [-0.05, 0) is 52.7 Å². The third-order valence-corrected chi connectivity index (χ3v) is 7.80. The number of aromatic nitrogens is 1. The Labute approximate surface area is 201 Å². The van der Waals surface area contributed by atoms with E-state index in [-0.39, 0.29) is 27.9 Å². The monoisotopic (exact) mass is 483 g/mol. The number of aromatic carboxylic acids is 1. The summed E-state index contributed by atoms with van der Waals surface area (Å²) < 4.78 is 28.4. The molecule has 0 spiro atoms.